The number of unbranched alkanes of at least 4 members (excludes halogenated alkanes) is 4. The van der Waals surface area contributed by atoms with Gasteiger partial charge in [0.2, 0.25) is 0 Å². The predicted octanol–water partition coefficient (Wildman–Crippen LogP) is 5.22. The van der Waals surface area contributed by atoms with Crippen molar-refractivity contribution in [3.63, 3.8) is 0 Å². The van der Waals surface area contributed by atoms with E-state index in [1.165, 1.54) is 38.5 Å². The molecule has 1 N–H and O–H groups in total. The maximum atomic E-state index is 10.2. The van der Waals surface area contributed by atoms with Crippen LogP contribution in [0.3, 0.4) is 0 Å². The van der Waals surface area contributed by atoms with Crippen molar-refractivity contribution in [1.82, 2.24) is 0 Å². The molecule has 1 saturated carbocycles. The predicted molar refractivity (Wildman–Crippen MR) is 93.8 cm³/mol. The third-order valence-corrected chi connectivity index (χ3v) is 4.60. The minimum Gasteiger partial charge on any atom is -0.389 e. The molecule has 0 aromatic carbocycles. The second kappa shape index (κ2) is 12.6. The zero-order chi connectivity index (χ0) is 16.0. The Morgan fingerprint density at radius 1 is 1.05 bits per heavy atom. The Labute approximate surface area is 136 Å². The summed E-state index contributed by atoms with van der Waals surface area (Å²) in [6, 6.07) is 0. The molecule has 0 radical (unpaired) electrons. The van der Waals surface area contributed by atoms with Gasteiger partial charge in [-0.25, -0.2) is 0 Å². The first kappa shape index (κ1) is 19.2. The quantitative estimate of drug-likeness (QED) is 0.271. The highest BCUT2D eigenvalue weighted by Crippen LogP contribution is 2.45. The third kappa shape index (κ3) is 9.94. The van der Waals surface area contributed by atoms with E-state index >= 15 is 0 Å². The van der Waals surface area contributed by atoms with Gasteiger partial charge in [0.25, 0.3) is 0 Å². The zero-order valence-electron chi connectivity index (χ0n) is 14.3. The van der Waals surface area contributed by atoms with Crippen molar-refractivity contribution in [2.24, 2.45) is 11.8 Å². The van der Waals surface area contributed by atoms with Crippen molar-refractivity contribution in [3.8, 4) is 0 Å². The van der Waals surface area contributed by atoms with Gasteiger partial charge in [-0.15, -0.1) is 0 Å². The number of hydrogen-bond acceptors (Lipinski definition) is 2. The van der Waals surface area contributed by atoms with Crippen molar-refractivity contribution in [3.05, 3.63) is 24.3 Å². The summed E-state index contributed by atoms with van der Waals surface area (Å²) in [5.41, 5.74) is 0. The first-order valence-electron chi connectivity index (χ1n) is 9.23. The van der Waals surface area contributed by atoms with Crippen LogP contribution >= 0.6 is 0 Å². The highest BCUT2D eigenvalue weighted by Gasteiger charge is 2.34. The number of rotatable bonds is 14. The van der Waals surface area contributed by atoms with Crippen LogP contribution in [-0.2, 0) is 4.79 Å². The summed E-state index contributed by atoms with van der Waals surface area (Å²) >= 11 is 0. The van der Waals surface area contributed by atoms with E-state index in [-0.39, 0.29) is 6.10 Å². The average Bonchev–Trinajstić information content (AvgIpc) is 3.26. The maximum absolute atomic E-state index is 10.2. The molecule has 0 heterocycles. The molecule has 0 bridgehead atoms. The number of aliphatic hydroxyl groups excluding tert-OH is 1. The fourth-order valence-corrected chi connectivity index (χ4v) is 3.03. The Balaban J connectivity index is 1.95. The van der Waals surface area contributed by atoms with Gasteiger partial charge in [-0.05, 0) is 43.9 Å². The van der Waals surface area contributed by atoms with Crippen LogP contribution < -0.4 is 0 Å². The number of allylic oxidation sites excluding steroid dienone is 3. The minimum absolute atomic E-state index is 0.282. The molecule has 2 nitrogen and oxygen atoms in total. The lowest BCUT2D eigenvalue weighted by atomic mass is 10.1. The van der Waals surface area contributed by atoms with Crippen LogP contribution in [0.1, 0.15) is 77.6 Å². The molecule has 0 aliphatic heterocycles. The van der Waals surface area contributed by atoms with E-state index in [1.807, 2.05) is 12.2 Å². The first-order valence-corrected chi connectivity index (χ1v) is 9.23. The maximum Gasteiger partial charge on any atom is 0.119 e. The van der Waals surface area contributed by atoms with E-state index in [9.17, 15) is 9.90 Å². The Hall–Kier alpha value is -0.890. The van der Waals surface area contributed by atoms with E-state index < -0.39 is 0 Å². The number of hydrogen-bond donors (Lipinski definition) is 1. The Kier molecular flexibility index (Phi) is 11.0. The summed E-state index contributed by atoms with van der Waals surface area (Å²) in [5.74, 6) is 1.85. The van der Waals surface area contributed by atoms with Gasteiger partial charge < -0.3 is 9.90 Å². The Morgan fingerprint density at radius 2 is 1.86 bits per heavy atom. The van der Waals surface area contributed by atoms with Crippen molar-refractivity contribution in [2.45, 2.75) is 83.7 Å². The molecule has 0 saturated heterocycles. The molecule has 0 spiro atoms. The van der Waals surface area contributed by atoms with Crippen LogP contribution in [0.2, 0.25) is 0 Å². The Bertz CT molecular complexity index is 333. The molecule has 126 valence electrons. The van der Waals surface area contributed by atoms with E-state index in [0.29, 0.717) is 0 Å². The van der Waals surface area contributed by atoms with Gasteiger partial charge in [-0.3, -0.25) is 0 Å². The summed E-state index contributed by atoms with van der Waals surface area (Å²) in [4.78, 5) is 10.2. The molecular weight excluding hydrogens is 272 g/mol. The van der Waals surface area contributed by atoms with Crippen LogP contribution in [-0.4, -0.2) is 17.5 Å². The minimum atomic E-state index is -0.282. The third-order valence-electron chi connectivity index (χ3n) is 4.60. The number of carbonyl (C=O) groups excluding carboxylic acids is 1. The van der Waals surface area contributed by atoms with Gasteiger partial charge >= 0.3 is 0 Å². The molecule has 0 amide bonds. The lowest BCUT2D eigenvalue weighted by molar-refractivity contribution is -0.107. The largest absolute Gasteiger partial charge is 0.389 e. The van der Waals surface area contributed by atoms with Crippen molar-refractivity contribution in [2.75, 3.05) is 0 Å². The second-order valence-electron chi connectivity index (χ2n) is 6.66. The van der Waals surface area contributed by atoms with Gasteiger partial charge in [0.05, 0.1) is 6.10 Å². The smallest absolute Gasteiger partial charge is 0.119 e. The molecule has 1 aliphatic carbocycles. The first-order chi connectivity index (χ1) is 10.8. The number of aliphatic hydroxyl groups is 1. The van der Waals surface area contributed by atoms with Crippen LogP contribution in [0.5, 0.6) is 0 Å². The van der Waals surface area contributed by atoms with Gasteiger partial charge in [-0.1, -0.05) is 63.3 Å². The zero-order valence-corrected chi connectivity index (χ0v) is 14.3. The highest BCUT2D eigenvalue weighted by molar-refractivity contribution is 5.48. The Morgan fingerprint density at radius 3 is 2.64 bits per heavy atom. The average molecular weight is 306 g/mol. The molecular formula is C20H34O2. The van der Waals surface area contributed by atoms with Gasteiger partial charge in [0.1, 0.15) is 6.29 Å². The molecule has 2 heteroatoms. The monoisotopic (exact) mass is 306 g/mol. The van der Waals surface area contributed by atoms with Gasteiger partial charge in [-0.2, -0.15) is 0 Å². The van der Waals surface area contributed by atoms with Crippen molar-refractivity contribution in [1.29, 1.82) is 0 Å². The topological polar surface area (TPSA) is 37.3 Å². The molecule has 3 atom stereocenters. The highest BCUT2D eigenvalue weighted by atomic mass is 16.3. The van der Waals surface area contributed by atoms with Crippen LogP contribution in [0.25, 0.3) is 0 Å². The fraction of sp³-hybridized carbons (Fsp3) is 0.750. The second-order valence-corrected chi connectivity index (χ2v) is 6.66. The summed E-state index contributed by atoms with van der Waals surface area (Å²) in [5, 5.41) is 9.74. The van der Waals surface area contributed by atoms with E-state index in [4.69, 9.17) is 0 Å². The summed E-state index contributed by atoms with van der Waals surface area (Å²) < 4.78 is 0. The van der Waals surface area contributed by atoms with Crippen molar-refractivity contribution < 1.29 is 9.90 Å². The summed E-state index contributed by atoms with van der Waals surface area (Å²) in [6.07, 6.45) is 21.5. The number of aldehydes is 1. The molecule has 1 aliphatic rings. The van der Waals surface area contributed by atoms with E-state index in [0.717, 1.165) is 50.2 Å². The molecule has 1 rings (SSSR count). The van der Waals surface area contributed by atoms with Gasteiger partial charge in [0.15, 0.2) is 0 Å². The SMILES string of the molecule is CCCCCC(O)/C=C/C=C\CC[C@H]1C[C@H]1CCCCC=O. The van der Waals surface area contributed by atoms with E-state index in [1.54, 1.807) is 0 Å². The lowest BCUT2D eigenvalue weighted by Crippen LogP contribution is -2.00. The van der Waals surface area contributed by atoms with Gasteiger partial charge in [0, 0.05) is 6.42 Å². The number of carbonyl (C=O) groups is 1. The molecule has 22 heavy (non-hydrogen) atoms. The molecule has 0 aromatic rings. The molecule has 1 unspecified atom stereocenters. The fourth-order valence-electron chi connectivity index (χ4n) is 3.03. The van der Waals surface area contributed by atoms with Crippen LogP contribution in [0.15, 0.2) is 24.3 Å². The molecule has 1 fully saturated rings. The van der Waals surface area contributed by atoms with Crippen LogP contribution in [0, 0.1) is 11.8 Å². The normalized spacial score (nSPS) is 22.5. The standard InChI is InChI=1S/C20H34O2/c1-2-3-7-14-20(22)15-10-5-4-8-12-18-17-19(18)13-9-6-11-16-21/h4-5,10,15-16,18-20,22H,2-3,6-9,11-14,17H2,1H3/b5-4-,15-10+/t18-,19+,20?/m0/s1. The summed E-state index contributed by atoms with van der Waals surface area (Å²) in [6.45, 7) is 2.18. The summed E-state index contributed by atoms with van der Waals surface area (Å²) in [7, 11) is 0. The van der Waals surface area contributed by atoms with Crippen LogP contribution in [0.4, 0.5) is 0 Å². The molecule has 0 aromatic heterocycles. The van der Waals surface area contributed by atoms with Crippen molar-refractivity contribution >= 4 is 6.29 Å². The van der Waals surface area contributed by atoms with E-state index in [2.05, 4.69) is 19.1 Å². The lowest BCUT2D eigenvalue weighted by Gasteiger charge is -2.03.